The minimum absolute atomic E-state index is 0.233. The normalized spacial score (nSPS) is 14.3. The molecule has 0 aliphatic carbocycles. The summed E-state index contributed by atoms with van der Waals surface area (Å²) in [5, 5.41) is 8.45. The molecule has 1 aromatic carbocycles. The lowest BCUT2D eigenvalue weighted by atomic mass is 10.2. The van der Waals surface area contributed by atoms with Gasteiger partial charge in [0.2, 0.25) is 0 Å². The summed E-state index contributed by atoms with van der Waals surface area (Å²) in [6, 6.07) is 1.44. The van der Waals surface area contributed by atoms with Crippen molar-refractivity contribution in [3.05, 3.63) is 23.8 Å². The molecule has 1 aromatic rings. The summed E-state index contributed by atoms with van der Waals surface area (Å²) in [4.78, 5) is 8.79. The Balaban J connectivity index is 3.40. The molecule has 0 heterocycles. The van der Waals surface area contributed by atoms with E-state index in [1.165, 1.54) is 0 Å². The summed E-state index contributed by atoms with van der Waals surface area (Å²) in [7, 11) is -7.95. The molecule has 0 aromatic heterocycles. The smallest absolute Gasteiger partial charge is 0.335 e. The van der Waals surface area contributed by atoms with Crippen molar-refractivity contribution in [2.24, 2.45) is 0 Å². The first-order chi connectivity index (χ1) is 6.56. The van der Waals surface area contributed by atoms with Crippen LogP contribution in [-0.4, -0.2) is 11.1 Å². The molecule has 15 heavy (non-hydrogen) atoms. The standard InChI is InChI=1S/C7H7F4NO2S/c8-15(9,10,11)6-2-4(7(13)14)1-5(12)3-6/h1-3,15H,12H2,(H,13,14). The van der Waals surface area contributed by atoms with Crippen LogP contribution >= 0.6 is 10.7 Å². The van der Waals surface area contributed by atoms with Gasteiger partial charge in [-0.1, -0.05) is 0 Å². The number of nitrogen functional groups attached to an aromatic ring is 1. The maximum Gasteiger partial charge on any atom is 0.335 e. The van der Waals surface area contributed by atoms with Gasteiger partial charge >= 0.3 is 5.97 Å². The molecule has 0 spiro atoms. The number of thiol groups is 1. The first kappa shape index (κ1) is 11.6. The zero-order valence-electron chi connectivity index (χ0n) is 7.12. The Morgan fingerprint density at radius 3 is 2.13 bits per heavy atom. The van der Waals surface area contributed by atoms with Gasteiger partial charge in [0.25, 0.3) is 0 Å². The minimum atomic E-state index is -7.95. The number of nitrogens with two attached hydrogens (primary N) is 1. The van der Waals surface area contributed by atoms with E-state index < -0.39 is 32.8 Å². The van der Waals surface area contributed by atoms with Crippen LogP contribution in [-0.2, 0) is 0 Å². The van der Waals surface area contributed by atoms with Crippen LogP contribution in [0.4, 0.5) is 21.2 Å². The van der Waals surface area contributed by atoms with E-state index >= 15 is 0 Å². The first-order valence-corrected chi connectivity index (χ1v) is 5.40. The molecule has 3 nitrogen and oxygen atoms in total. The summed E-state index contributed by atoms with van der Waals surface area (Å²) in [6.45, 7) is 0. The Hall–Kier alpha value is -1.44. The molecule has 8 heteroatoms. The van der Waals surface area contributed by atoms with Gasteiger partial charge in [-0.15, -0.1) is 15.5 Å². The highest BCUT2D eigenvalue weighted by molar-refractivity contribution is 8.33. The predicted molar refractivity (Wildman–Crippen MR) is 49.5 cm³/mol. The lowest BCUT2D eigenvalue weighted by Gasteiger charge is -2.29. The fourth-order valence-corrected chi connectivity index (χ4v) is 1.63. The van der Waals surface area contributed by atoms with E-state index in [1.54, 1.807) is 0 Å². The molecule has 3 N–H and O–H groups in total. The number of halogens is 4. The van der Waals surface area contributed by atoms with E-state index in [0.717, 1.165) is 6.07 Å². The third-order valence-corrected chi connectivity index (χ3v) is 2.62. The summed E-state index contributed by atoms with van der Waals surface area (Å²) < 4.78 is 49.3. The highest BCUT2D eigenvalue weighted by atomic mass is 32.4. The average Bonchev–Trinajstić information content (AvgIpc) is 1.99. The van der Waals surface area contributed by atoms with Crippen LogP contribution in [0.5, 0.6) is 0 Å². The largest absolute Gasteiger partial charge is 0.478 e. The predicted octanol–water partition coefficient (Wildman–Crippen LogP) is 2.94. The molecule has 0 fully saturated rings. The molecule has 0 radical (unpaired) electrons. The van der Waals surface area contributed by atoms with Gasteiger partial charge in [0.05, 0.1) is 10.5 Å². The van der Waals surface area contributed by atoms with Crippen molar-refractivity contribution in [1.82, 2.24) is 0 Å². The van der Waals surface area contributed by atoms with Crippen molar-refractivity contribution in [2.75, 3.05) is 5.73 Å². The van der Waals surface area contributed by atoms with Crippen LogP contribution in [0.2, 0.25) is 0 Å². The van der Waals surface area contributed by atoms with Crippen molar-refractivity contribution in [1.29, 1.82) is 0 Å². The average molecular weight is 245 g/mol. The van der Waals surface area contributed by atoms with Crippen LogP contribution in [0.1, 0.15) is 10.4 Å². The molecule has 0 amide bonds. The van der Waals surface area contributed by atoms with Gasteiger partial charge in [0, 0.05) is 5.69 Å². The third kappa shape index (κ3) is 2.75. The number of hydrogen-bond acceptors (Lipinski definition) is 2. The van der Waals surface area contributed by atoms with Crippen LogP contribution in [0, 0.1) is 0 Å². The second-order valence-corrected chi connectivity index (χ2v) is 4.80. The van der Waals surface area contributed by atoms with Crippen LogP contribution in [0.25, 0.3) is 0 Å². The molecule has 0 bridgehead atoms. The highest BCUT2D eigenvalue weighted by Gasteiger charge is 2.40. The van der Waals surface area contributed by atoms with Crippen molar-refractivity contribution < 1.29 is 25.4 Å². The number of anilines is 1. The second kappa shape index (κ2) is 3.02. The highest BCUT2D eigenvalue weighted by Crippen LogP contribution is 2.82. The summed E-state index contributed by atoms with van der Waals surface area (Å²) >= 11 is 0. The molecular formula is C7H7F4NO2S. The molecule has 86 valence electrons. The van der Waals surface area contributed by atoms with E-state index in [4.69, 9.17) is 10.8 Å². The maximum atomic E-state index is 12.3. The van der Waals surface area contributed by atoms with Gasteiger partial charge in [-0.3, -0.25) is 0 Å². The fourth-order valence-electron chi connectivity index (χ4n) is 0.953. The van der Waals surface area contributed by atoms with Crippen molar-refractivity contribution in [3.8, 4) is 0 Å². The number of carbonyl (C=O) groups is 1. The summed E-state index contributed by atoms with van der Waals surface area (Å²) in [5.74, 6) is -1.59. The van der Waals surface area contributed by atoms with E-state index in [2.05, 4.69) is 0 Å². The van der Waals surface area contributed by atoms with Gasteiger partial charge in [-0.25, -0.2) is 4.79 Å². The van der Waals surface area contributed by atoms with Gasteiger partial charge in [0.15, 0.2) is 10.7 Å². The molecular weight excluding hydrogens is 238 g/mol. The Kier molecular flexibility index (Phi) is 2.35. The number of benzene rings is 1. The Morgan fingerprint density at radius 1 is 1.20 bits per heavy atom. The molecule has 0 atom stereocenters. The van der Waals surface area contributed by atoms with Gasteiger partial charge in [-0.2, -0.15) is 0 Å². The summed E-state index contributed by atoms with van der Waals surface area (Å²) in [6.07, 6.45) is 0. The number of carboxylic acids is 1. The van der Waals surface area contributed by atoms with Crippen LogP contribution in [0.15, 0.2) is 23.1 Å². The molecule has 0 aliphatic rings. The number of rotatable bonds is 2. The lowest BCUT2D eigenvalue weighted by molar-refractivity contribution is 0.0696. The van der Waals surface area contributed by atoms with Crippen molar-refractivity contribution >= 4 is 22.4 Å². The van der Waals surface area contributed by atoms with Crippen LogP contribution in [0.3, 0.4) is 0 Å². The fraction of sp³-hybridized carbons (Fsp3) is 0. The Morgan fingerprint density at radius 2 is 1.73 bits per heavy atom. The maximum absolute atomic E-state index is 12.3. The monoisotopic (exact) mass is 245 g/mol. The van der Waals surface area contributed by atoms with E-state index in [-0.39, 0.29) is 6.07 Å². The SMILES string of the molecule is Nc1cc(C(=O)O)cc([SH](F)(F)(F)F)c1. The lowest BCUT2D eigenvalue weighted by Crippen LogP contribution is -2.01. The van der Waals surface area contributed by atoms with Crippen molar-refractivity contribution in [2.45, 2.75) is 4.90 Å². The number of carboxylic acid groups (broad SMARTS) is 1. The Bertz CT molecular complexity index is 419. The Labute approximate surface area is 83.0 Å². The van der Waals surface area contributed by atoms with Crippen LogP contribution < -0.4 is 5.73 Å². The topological polar surface area (TPSA) is 63.3 Å². The number of hydrogen-bond donors (Lipinski definition) is 3. The first-order valence-electron chi connectivity index (χ1n) is 3.60. The van der Waals surface area contributed by atoms with E-state index in [0.29, 0.717) is 6.07 Å². The third-order valence-electron chi connectivity index (χ3n) is 1.58. The summed E-state index contributed by atoms with van der Waals surface area (Å²) in [5.41, 5.74) is 3.91. The zero-order chi connectivity index (χ0) is 11.9. The van der Waals surface area contributed by atoms with Gasteiger partial charge in [-0.05, 0) is 18.2 Å². The van der Waals surface area contributed by atoms with Gasteiger partial charge < -0.3 is 10.8 Å². The molecule has 0 unspecified atom stereocenters. The van der Waals surface area contributed by atoms with E-state index in [1.807, 2.05) is 0 Å². The van der Waals surface area contributed by atoms with E-state index in [9.17, 15) is 20.3 Å². The quantitative estimate of drug-likeness (QED) is 0.426. The minimum Gasteiger partial charge on any atom is -0.478 e. The second-order valence-electron chi connectivity index (χ2n) is 2.84. The molecule has 0 saturated heterocycles. The van der Waals surface area contributed by atoms with Gasteiger partial charge in [0.1, 0.15) is 0 Å². The molecule has 0 saturated carbocycles. The molecule has 0 aliphatic heterocycles. The molecule has 1 rings (SSSR count). The number of aromatic carboxylic acids is 1. The zero-order valence-corrected chi connectivity index (χ0v) is 8.02. The van der Waals surface area contributed by atoms with Crippen molar-refractivity contribution in [3.63, 3.8) is 0 Å².